The summed E-state index contributed by atoms with van der Waals surface area (Å²) < 4.78 is 11.4. The van der Waals surface area contributed by atoms with Crippen LogP contribution in [0.25, 0.3) is 0 Å². The maximum absolute atomic E-state index is 5.97. The van der Waals surface area contributed by atoms with Crippen LogP contribution in [0.3, 0.4) is 0 Å². The minimum absolute atomic E-state index is 0.282. The molecule has 1 atom stereocenters. The Morgan fingerprint density at radius 2 is 2.10 bits per heavy atom. The van der Waals surface area contributed by atoms with Gasteiger partial charge in [-0.3, -0.25) is 4.90 Å². The molecule has 1 aromatic carbocycles. The number of nitrogens with zero attached hydrogens (tertiary/aromatic N) is 1. The first-order valence-corrected chi connectivity index (χ1v) is 7.48. The third kappa shape index (κ3) is 3.73. The highest BCUT2D eigenvalue weighted by molar-refractivity contribution is 5.16. The summed E-state index contributed by atoms with van der Waals surface area (Å²) in [7, 11) is 0. The van der Waals surface area contributed by atoms with Crippen molar-refractivity contribution in [3.05, 3.63) is 59.5 Å². The lowest BCUT2D eigenvalue weighted by molar-refractivity contribution is 0.0359. The second kappa shape index (κ2) is 6.89. The minimum atomic E-state index is 0.282. The summed E-state index contributed by atoms with van der Waals surface area (Å²) >= 11 is 0. The molecule has 1 aliphatic rings. The van der Waals surface area contributed by atoms with Crippen LogP contribution in [0.4, 0.5) is 0 Å². The SMILES string of the molecule is NCc1ccoc1COC1CCN(Cc2ccccc2)C1. The molecule has 4 heteroatoms. The molecule has 0 spiro atoms. The van der Waals surface area contributed by atoms with Crippen LogP contribution < -0.4 is 5.73 Å². The van der Waals surface area contributed by atoms with Crippen molar-refractivity contribution in [1.82, 2.24) is 4.90 Å². The summed E-state index contributed by atoms with van der Waals surface area (Å²) in [6.07, 6.45) is 3.03. The first kappa shape index (κ1) is 14.3. The molecule has 1 aromatic heterocycles. The number of hydrogen-bond donors (Lipinski definition) is 1. The summed E-state index contributed by atoms with van der Waals surface area (Å²) in [6.45, 7) is 4.08. The third-order valence-corrected chi connectivity index (χ3v) is 3.99. The molecule has 4 nitrogen and oxygen atoms in total. The summed E-state index contributed by atoms with van der Waals surface area (Å²) in [4.78, 5) is 2.44. The van der Waals surface area contributed by atoms with Crippen molar-refractivity contribution in [2.45, 2.75) is 32.2 Å². The molecule has 3 rings (SSSR count). The number of benzene rings is 1. The standard InChI is InChI=1S/C17H22N2O2/c18-10-15-7-9-20-17(15)13-21-16-6-8-19(12-16)11-14-4-2-1-3-5-14/h1-5,7,9,16H,6,8,10-13,18H2. The number of rotatable bonds is 6. The van der Waals surface area contributed by atoms with E-state index >= 15 is 0 Å². The Kier molecular flexibility index (Phi) is 4.70. The van der Waals surface area contributed by atoms with Gasteiger partial charge in [0, 0.05) is 31.7 Å². The lowest BCUT2D eigenvalue weighted by atomic mass is 10.2. The van der Waals surface area contributed by atoms with Crippen LogP contribution in [-0.4, -0.2) is 24.1 Å². The minimum Gasteiger partial charge on any atom is -0.467 e. The highest BCUT2D eigenvalue weighted by Crippen LogP contribution is 2.18. The van der Waals surface area contributed by atoms with Crippen molar-refractivity contribution in [1.29, 1.82) is 0 Å². The Morgan fingerprint density at radius 1 is 1.24 bits per heavy atom. The number of furan rings is 1. The normalized spacial score (nSPS) is 19.2. The molecule has 2 aromatic rings. The molecule has 0 bridgehead atoms. The van der Waals surface area contributed by atoms with E-state index in [1.54, 1.807) is 6.26 Å². The van der Waals surface area contributed by atoms with Crippen LogP contribution in [0.2, 0.25) is 0 Å². The van der Waals surface area contributed by atoms with Gasteiger partial charge < -0.3 is 14.9 Å². The molecular formula is C17H22N2O2. The molecule has 1 aliphatic heterocycles. The van der Waals surface area contributed by atoms with Gasteiger partial charge in [0.25, 0.3) is 0 Å². The van der Waals surface area contributed by atoms with Gasteiger partial charge in [0.1, 0.15) is 12.4 Å². The van der Waals surface area contributed by atoms with Gasteiger partial charge >= 0.3 is 0 Å². The third-order valence-electron chi connectivity index (χ3n) is 3.99. The largest absolute Gasteiger partial charge is 0.467 e. The van der Waals surface area contributed by atoms with Crippen molar-refractivity contribution in [3.63, 3.8) is 0 Å². The molecular weight excluding hydrogens is 264 g/mol. The molecule has 2 heterocycles. The van der Waals surface area contributed by atoms with Gasteiger partial charge in [-0.2, -0.15) is 0 Å². The fourth-order valence-corrected chi connectivity index (χ4v) is 2.79. The highest BCUT2D eigenvalue weighted by atomic mass is 16.5. The molecule has 112 valence electrons. The Bertz CT molecular complexity index is 553. The van der Waals surface area contributed by atoms with Crippen LogP contribution in [0.15, 0.2) is 47.1 Å². The lowest BCUT2D eigenvalue weighted by Gasteiger charge is -2.16. The summed E-state index contributed by atoms with van der Waals surface area (Å²) in [5.74, 6) is 0.860. The Balaban J connectivity index is 1.47. The summed E-state index contributed by atoms with van der Waals surface area (Å²) in [6, 6.07) is 12.5. The van der Waals surface area contributed by atoms with Gasteiger partial charge in [0.2, 0.25) is 0 Å². The number of hydrogen-bond acceptors (Lipinski definition) is 4. The fraction of sp³-hybridized carbons (Fsp3) is 0.412. The monoisotopic (exact) mass is 286 g/mol. The van der Waals surface area contributed by atoms with Crippen molar-refractivity contribution in [2.24, 2.45) is 5.73 Å². The van der Waals surface area contributed by atoms with Gasteiger partial charge in [0.05, 0.1) is 12.4 Å². The van der Waals surface area contributed by atoms with Gasteiger partial charge in [-0.25, -0.2) is 0 Å². The van der Waals surface area contributed by atoms with E-state index in [0.717, 1.165) is 37.4 Å². The average molecular weight is 286 g/mol. The second-order valence-electron chi connectivity index (χ2n) is 5.52. The van der Waals surface area contributed by atoms with Gasteiger partial charge in [-0.1, -0.05) is 30.3 Å². The number of likely N-dealkylation sites (tertiary alicyclic amines) is 1. The highest BCUT2D eigenvalue weighted by Gasteiger charge is 2.23. The smallest absolute Gasteiger partial charge is 0.133 e. The first-order chi connectivity index (χ1) is 10.3. The molecule has 1 unspecified atom stereocenters. The Morgan fingerprint density at radius 3 is 2.90 bits per heavy atom. The van der Waals surface area contributed by atoms with Gasteiger partial charge in [-0.05, 0) is 18.1 Å². The zero-order valence-electron chi connectivity index (χ0n) is 12.2. The van der Waals surface area contributed by atoms with Crippen LogP contribution in [0, 0.1) is 0 Å². The molecule has 0 amide bonds. The van der Waals surface area contributed by atoms with Crippen molar-refractivity contribution in [2.75, 3.05) is 13.1 Å². The van der Waals surface area contributed by atoms with Gasteiger partial charge in [-0.15, -0.1) is 0 Å². The van der Waals surface area contributed by atoms with E-state index in [-0.39, 0.29) is 6.10 Å². The van der Waals surface area contributed by atoms with Crippen LogP contribution in [0.1, 0.15) is 23.3 Å². The maximum Gasteiger partial charge on any atom is 0.133 e. The topological polar surface area (TPSA) is 51.6 Å². The molecule has 1 saturated heterocycles. The van der Waals surface area contributed by atoms with Crippen molar-refractivity contribution < 1.29 is 9.15 Å². The molecule has 21 heavy (non-hydrogen) atoms. The zero-order chi connectivity index (χ0) is 14.5. The quantitative estimate of drug-likeness (QED) is 0.886. The van der Waals surface area contributed by atoms with Crippen LogP contribution in [-0.2, 0) is 24.4 Å². The van der Waals surface area contributed by atoms with E-state index in [0.29, 0.717) is 13.2 Å². The Hall–Kier alpha value is -1.62. The Labute approximate surface area is 125 Å². The zero-order valence-corrected chi connectivity index (χ0v) is 12.2. The summed E-state index contributed by atoms with van der Waals surface area (Å²) in [5.41, 5.74) is 8.06. The molecule has 0 radical (unpaired) electrons. The van der Waals surface area contributed by atoms with E-state index in [2.05, 4.69) is 35.2 Å². The van der Waals surface area contributed by atoms with Crippen molar-refractivity contribution >= 4 is 0 Å². The van der Waals surface area contributed by atoms with Crippen LogP contribution in [0.5, 0.6) is 0 Å². The van der Waals surface area contributed by atoms with E-state index in [1.807, 2.05) is 6.07 Å². The number of nitrogens with two attached hydrogens (primary N) is 1. The van der Waals surface area contributed by atoms with Crippen LogP contribution >= 0.6 is 0 Å². The second-order valence-corrected chi connectivity index (χ2v) is 5.52. The molecule has 2 N–H and O–H groups in total. The summed E-state index contributed by atoms with van der Waals surface area (Å²) in [5, 5.41) is 0. The van der Waals surface area contributed by atoms with Crippen molar-refractivity contribution in [3.8, 4) is 0 Å². The maximum atomic E-state index is 5.97. The van der Waals surface area contributed by atoms with E-state index in [1.165, 1.54) is 5.56 Å². The van der Waals surface area contributed by atoms with E-state index in [4.69, 9.17) is 14.9 Å². The van der Waals surface area contributed by atoms with E-state index < -0.39 is 0 Å². The fourth-order valence-electron chi connectivity index (χ4n) is 2.79. The first-order valence-electron chi connectivity index (χ1n) is 7.48. The number of ether oxygens (including phenoxy) is 1. The van der Waals surface area contributed by atoms with Gasteiger partial charge in [0.15, 0.2) is 0 Å². The average Bonchev–Trinajstić information content (AvgIpc) is 3.15. The lowest BCUT2D eigenvalue weighted by Crippen LogP contribution is -2.23. The molecule has 0 saturated carbocycles. The predicted octanol–water partition coefficient (Wildman–Crippen LogP) is 2.53. The molecule has 1 fully saturated rings. The predicted molar refractivity (Wildman–Crippen MR) is 81.5 cm³/mol. The molecule has 0 aliphatic carbocycles. The van der Waals surface area contributed by atoms with E-state index in [9.17, 15) is 0 Å².